The highest BCUT2D eigenvalue weighted by Gasteiger charge is 2.35. The molecule has 1 N–H and O–H groups in total. The molecule has 3 rings (SSSR count). The van der Waals surface area contributed by atoms with Crippen molar-refractivity contribution >= 4 is 28.3 Å². The van der Waals surface area contributed by atoms with Gasteiger partial charge in [0.05, 0.1) is 5.69 Å². The summed E-state index contributed by atoms with van der Waals surface area (Å²) in [4.78, 5) is 26.7. The van der Waals surface area contributed by atoms with Gasteiger partial charge in [0.15, 0.2) is 0 Å². The minimum absolute atomic E-state index is 0.114. The van der Waals surface area contributed by atoms with Crippen LogP contribution in [0.3, 0.4) is 0 Å². The first kappa shape index (κ1) is 15.5. The summed E-state index contributed by atoms with van der Waals surface area (Å²) in [5.74, 6) is -0.268. The fourth-order valence-electron chi connectivity index (χ4n) is 3.02. The minimum Gasteiger partial charge on any atom is -0.385 e. The van der Waals surface area contributed by atoms with E-state index in [0.717, 1.165) is 22.9 Å². The molecule has 0 aromatic heterocycles. The fraction of sp³-hybridized carbons (Fsp3) is 0.333. The number of benzene rings is 2. The Morgan fingerprint density at radius 1 is 1.26 bits per heavy atom. The number of hydrogen-bond donors (Lipinski definition) is 1. The summed E-state index contributed by atoms with van der Waals surface area (Å²) in [7, 11) is 1.63. The molecule has 120 valence electrons. The molecule has 1 atom stereocenters. The number of nitrogens with zero attached hydrogens (tertiary/aromatic N) is 1. The lowest BCUT2D eigenvalue weighted by Gasteiger charge is -2.24. The van der Waals surface area contributed by atoms with Crippen molar-refractivity contribution in [2.24, 2.45) is 0 Å². The molecule has 0 fully saturated rings. The summed E-state index contributed by atoms with van der Waals surface area (Å²) < 4.78 is 4.97. The SMILES string of the molecule is COCCCNC(=O)[C@H](C)N1C(=O)c2cccc3cccc1c23. The molecule has 0 aliphatic carbocycles. The number of nitrogens with one attached hydrogen (secondary N) is 1. The number of carbonyl (C=O) groups is 2. The highest BCUT2D eigenvalue weighted by molar-refractivity contribution is 6.26. The van der Waals surface area contributed by atoms with Crippen LogP contribution >= 0.6 is 0 Å². The van der Waals surface area contributed by atoms with E-state index in [1.54, 1.807) is 18.9 Å². The van der Waals surface area contributed by atoms with Crippen LogP contribution in [-0.2, 0) is 9.53 Å². The molecule has 1 heterocycles. The van der Waals surface area contributed by atoms with Crippen LogP contribution in [0.5, 0.6) is 0 Å². The van der Waals surface area contributed by atoms with Gasteiger partial charge >= 0.3 is 0 Å². The molecule has 0 saturated carbocycles. The van der Waals surface area contributed by atoms with Crippen LogP contribution in [0.2, 0.25) is 0 Å². The van der Waals surface area contributed by atoms with Crippen LogP contribution in [0, 0.1) is 0 Å². The van der Waals surface area contributed by atoms with E-state index in [1.165, 1.54) is 0 Å². The van der Waals surface area contributed by atoms with Crippen molar-refractivity contribution in [1.82, 2.24) is 5.32 Å². The molecule has 2 amide bonds. The summed E-state index contributed by atoms with van der Waals surface area (Å²) >= 11 is 0. The van der Waals surface area contributed by atoms with E-state index >= 15 is 0 Å². The third kappa shape index (κ3) is 2.68. The summed E-state index contributed by atoms with van der Waals surface area (Å²) in [6.45, 7) is 2.90. The number of ether oxygens (including phenoxy) is 1. The topological polar surface area (TPSA) is 58.6 Å². The predicted molar refractivity (Wildman–Crippen MR) is 89.7 cm³/mol. The first-order valence-corrected chi connectivity index (χ1v) is 7.77. The van der Waals surface area contributed by atoms with E-state index in [0.29, 0.717) is 18.7 Å². The summed E-state index contributed by atoms with van der Waals surface area (Å²) in [6.07, 6.45) is 0.749. The van der Waals surface area contributed by atoms with Gasteiger partial charge in [0.2, 0.25) is 5.91 Å². The molecule has 0 unspecified atom stereocenters. The smallest absolute Gasteiger partial charge is 0.259 e. The average Bonchev–Trinajstić information content (AvgIpc) is 2.86. The largest absolute Gasteiger partial charge is 0.385 e. The van der Waals surface area contributed by atoms with E-state index in [2.05, 4.69) is 5.32 Å². The van der Waals surface area contributed by atoms with Crippen molar-refractivity contribution in [3.05, 3.63) is 42.0 Å². The van der Waals surface area contributed by atoms with E-state index in [4.69, 9.17) is 4.74 Å². The number of amides is 2. The van der Waals surface area contributed by atoms with Crippen LogP contribution in [0.1, 0.15) is 23.7 Å². The number of carbonyl (C=O) groups excluding carboxylic acids is 2. The van der Waals surface area contributed by atoms with E-state index < -0.39 is 6.04 Å². The zero-order valence-electron chi connectivity index (χ0n) is 13.3. The second-order valence-corrected chi connectivity index (χ2v) is 5.67. The van der Waals surface area contributed by atoms with Crippen molar-refractivity contribution in [2.45, 2.75) is 19.4 Å². The Balaban J connectivity index is 1.83. The van der Waals surface area contributed by atoms with Crippen molar-refractivity contribution in [1.29, 1.82) is 0 Å². The molecule has 0 bridgehead atoms. The zero-order chi connectivity index (χ0) is 16.4. The fourth-order valence-corrected chi connectivity index (χ4v) is 3.02. The second-order valence-electron chi connectivity index (χ2n) is 5.67. The van der Waals surface area contributed by atoms with Gasteiger partial charge in [-0.1, -0.05) is 24.3 Å². The highest BCUT2D eigenvalue weighted by atomic mass is 16.5. The lowest BCUT2D eigenvalue weighted by atomic mass is 10.1. The lowest BCUT2D eigenvalue weighted by molar-refractivity contribution is -0.122. The zero-order valence-corrected chi connectivity index (χ0v) is 13.3. The van der Waals surface area contributed by atoms with Crippen molar-refractivity contribution in [2.75, 3.05) is 25.2 Å². The maximum Gasteiger partial charge on any atom is 0.259 e. The van der Waals surface area contributed by atoms with Crippen molar-refractivity contribution in [3.63, 3.8) is 0 Å². The number of hydrogen-bond acceptors (Lipinski definition) is 3. The van der Waals surface area contributed by atoms with E-state index in [1.807, 2.05) is 36.4 Å². The highest BCUT2D eigenvalue weighted by Crippen LogP contribution is 2.38. The molecule has 0 saturated heterocycles. The van der Waals surface area contributed by atoms with Gasteiger partial charge in [0.25, 0.3) is 5.91 Å². The normalized spacial score (nSPS) is 14.3. The average molecular weight is 312 g/mol. The molecule has 5 nitrogen and oxygen atoms in total. The van der Waals surface area contributed by atoms with E-state index in [9.17, 15) is 9.59 Å². The Morgan fingerprint density at radius 3 is 2.74 bits per heavy atom. The van der Waals surface area contributed by atoms with Gasteiger partial charge in [-0.05, 0) is 30.9 Å². The molecule has 5 heteroatoms. The first-order valence-electron chi connectivity index (χ1n) is 7.77. The van der Waals surface area contributed by atoms with Crippen LogP contribution < -0.4 is 10.2 Å². The monoisotopic (exact) mass is 312 g/mol. The minimum atomic E-state index is -0.553. The molecule has 2 aromatic rings. The first-order chi connectivity index (χ1) is 11.1. The molecular formula is C18H20N2O3. The number of methoxy groups -OCH3 is 1. The summed E-state index contributed by atoms with van der Waals surface area (Å²) in [5.41, 5.74) is 1.47. The Labute approximate surface area is 135 Å². The van der Waals surface area contributed by atoms with Gasteiger partial charge in [-0.3, -0.25) is 14.5 Å². The molecule has 0 spiro atoms. The third-order valence-electron chi connectivity index (χ3n) is 4.18. The summed E-state index contributed by atoms with van der Waals surface area (Å²) in [5, 5.41) is 4.81. The van der Waals surface area contributed by atoms with Crippen molar-refractivity contribution < 1.29 is 14.3 Å². The van der Waals surface area contributed by atoms with Crippen LogP contribution in [0.15, 0.2) is 36.4 Å². The molecule has 0 radical (unpaired) electrons. The van der Waals surface area contributed by atoms with Crippen LogP contribution in [-0.4, -0.2) is 38.1 Å². The number of anilines is 1. The molecular weight excluding hydrogens is 292 g/mol. The van der Waals surface area contributed by atoms with Gasteiger partial charge in [-0.25, -0.2) is 0 Å². The Bertz CT molecular complexity index is 752. The molecule has 1 aliphatic rings. The van der Waals surface area contributed by atoms with Gasteiger partial charge in [-0.2, -0.15) is 0 Å². The Hall–Kier alpha value is -2.40. The number of rotatable bonds is 6. The van der Waals surface area contributed by atoms with Gasteiger partial charge < -0.3 is 10.1 Å². The van der Waals surface area contributed by atoms with Crippen molar-refractivity contribution in [3.8, 4) is 0 Å². The predicted octanol–water partition coefficient (Wildman–Crippen LogP) is 2.34. The Kier molecular flexibility index (Phi) is 4.30. The molecule has 1 aliphatic heterocycles. The maximum absolute atomic E-state index is 12.7. The maximum atomic E-state index is 12.7. The van der Waals surface area contributed by atoms with Crippen LogP contribution in [0.4, 0.5) is 5.69 Å². The molecule has 2 aromatic carbocycles. The van der Waals surface area contributed by atoms with Gasteiger partial charge in [0.1, 0.15) is 6.04 Å². The van der Waals surface area contributed by atoms with Crippen LogP contribution in [0.25, 0.3) is 10.8 Å². The standard InChI is InChI=1S/C18H20N2O3/c1-12(17(21)19-10-5-11-23-2)20-15-9-4-7-13-6-3-8-14(16(13)15)18(20)22/h3-4,6-9,12H,5,10-11H2,1-2H3,(H,19,21)/t12-/m0/s1. The second kappa shape index (κ2) is 6.38. The Morgan fingerprint density at radius 2 is 2.00 bits per heavy atom. The third-order valence-corrected chi connectivity index (χ3v) is 4.18. The molecule has 23 heavy (non-hydrogen) atoms. The summed E-state index contributed by atoms with van der Waals surface area (Å²) in [6, 6.07) is 10.9. The van der Waals surface area contributed by atoms with Gasteiger partial charge in [-0.15, -0.1) is 0 Å². The van der Waals surface area contributed by atoms with Gasteiger partial charge in [0, 0.05) is 31.2 Å². The lowest BCUT2D eigenvalue weighted by Crippen LogP contribution is -2.47. The van der Waals surface area contributed by atoms with E-state index in [-0.39, 0.29) is 11.8 Å². The quantitative estimate of drug-likeness (QED) is 0.833.